The summed E-state index contributed by atoms with van der Waals surface area (Å²) in [5.74, 6) is 0.972. The molecule has 0 spiro atoms. The third-order valence-electron chi connectivity index (χ3n) is 1.80. The molecular weight excluding hydrogens is 172 g/mol. The lowest BCUT2D eigenvalue weighted by Gasteiger charge is -2.05. The molecule has 1 heteroatoms. The van der Waals surface area contributed by atoms with Crippen molar-refractivity contribution in [2.45, 2.75) is 39.5 Å². The Morgan fingerprint density at radius 2 is 2.07 bits per heavy atom. The standard InChI is InChI=1S/C13H22O/c1-4-7-10-13(11-8-5-2)14-12-9-6-3/h4,7,10-11H,1,5-6,8-9,12H2,2-3H3/b10-7-,13-11+. The van der Waals surface area contributed by atoms with Crippen molar-refractivity contribution >= 4 is 0 Å². The van der Waals surface area contributed by atoms with E-state index >= 15 is 0 Å². The molecule has 0 aliphatic carbocycles. The van der Waals surface area contributed by atoms with Crippen LogP contribution in [0.15, 0.2) is 36.6 Å². The summed E-state index contributed by atoms with van der Waals surface area (Å²) in [5, 5.41) is 0. The molecule has 0 heterocycles. The minimum absolute atomic E-state index is 0.813. The topological polar surface area (TPSA) is 9.23 Å². The number of hydrogen-bond acceptors (Lipinski definition) is 1. The monoisotopic (exact) mass is 194 g/mol. The van der Waals surface area contributed by atoms with Crippen molar-refractivity contribution in [3.8, 4) is 0 Å². The molecule has 0 aromatic rings. The molecule has 0 fully saturated rings. The Labute approximate surface area is 88.2 Å². The second kappa shape index (κ2) is 10.1. The van der Waals surface area contributed by atoms with Gasteiger partial charge in [0.25, 0.3) is 0 Å². The smallest absolute Gasteiger partial charge is 0.115 e. The van der Waals surface area contributed by atoms with E-state index in [1.54, 1.807) is 6.08 Å². The summed E-state index contributed by atoms with van der Waals surface area (Å²) in [5.41, 5.74) is 0. The summed E-state index contributed by atoms with van der Waals surface area (Å²) in [6.45, 7) is 8.78. The fourth-order valence-corrected chi connectivity index (χ4v) is 0.959. The van der Waals surface area contributed by atoms with Crippen LogP contribution in [0.2, 0.25) is 0 Å². The van der Waals surface area contributed by atoms with E-state index < -0.39 is 0 Å². The van der Waals surface area contributed by atoms with E-state index in [9.17, 15) is 0 Å². The number of hydrogen-bond donors (Lipinski definition) is 0. The first-order chi connectivity index (χ1) is 6.85. The number of rotatable bonds is 8. The van der Waals surface area contributed by atoms with Gasteiger partial charge in [-0.25, -0.2) is 0 Å². The van der Waals surface area contributed by atoms with Gasteiger partial charge in [-0.1, -0.05) is 45.4 Å². The van der Waals surface area contributed by atoms with Crippen LogP contribution in [-0.2, 0) is 4.74 Å². The highest BCUT2D eigenvalue weighted by molar-refractivity contribution is 5.15. The molecule has 0 aromatic heterocycles. The van der Waals surface area contributed by atoms with Gasteiger partial charge in [0.05, 0.1) is 6.61 Å². The third kappa shape index (κ3) is 7.66. The Bertz CT molecular complexity index is 189. The quantitative estimate of drug-likeness (QED) is 0.319. The molecule has 1 nitrogen and oxygen atoms in total. The molecule has 0 atom stereocenters. The summed E-state index contributed by atoms with van der Waals surface area (Å²) in [6, 6.07) is 0. The Kier molecular flexibility index (Phi) is 9.40. The van der Waals surface area contributed by atoms with Crippen molar-refractivity contribution in [2.75, 3.05) is 6.61 Å². The van der Waals surface area contributed by atoms with Gasteiger partial charge < -0.3 is 4.74 Å². The first-order valence-electron chi connectivity index (χ1n) is 5.47. The molecule has 0 N–H and O–H groups in total. The molecular formula is C13H22O. The van der Waals surface area contributed by atoms with Crippen molar-refractivity contribution < 1.29 is 4.74 Å². The molecule has 0 radical (unpaired) electrons. The summed E-state index contributed by atoms with van der Waals surface area (Å²) in [6.07, 6.45) is 12.3. The van der Waals surface area contributed by atoms with Crippen molar-refractivity contribution in [3.63, 3.8) is 0 Å². The minimum atomic E-state index is 0.813. The summed E-state index contributed by atoms with van der Waals surface area (Å²) in [4.78, 5) is 0. The van der Waals surface area contributed by atoms with Crippen molar-refractivity contribution in [2.24, 2.45) is 0 Å². The molecule has 0 rings (SSSR count). The molecule has 14 heavy (non-hydrogen) atoms. The van der Waals surface area contributed by atoms with Crippen LogP contribution in [0.5, 0.6) is 0 Å². The van der Waals surface area contributed by atoms with Gasteiger partial charge in [-0.05, 0) is 25.0 Å². The van der Waals surface area contributed by atoms with Crippen LogP contribution in [0, 0.1) is 0 Å². The average Bonchev–Trinajstić information content (AvgIpc) is 2.21. The fourth-order valence-electron chi connectivity index (χ4n) is 0.959. The van der Waals surface area contributed by atoms with E-state index in [1.165, 1.54) is 6.42 Å². The summed E-state index contributed by atoms with van der Waals surface area (Å²) >= 11 is 0. The van der Waals surface area contributed by atoms with E-state index in [4.69, 9.17) is 4.74 Å². The van der Waals surface area contributed by atoms with Gasteiger partial charge in [0.2, 0.25) is 0 Å². The number of unbranched alkanes of at least 4 members (excludes halogenated alkanes) is 2. The SMILES string of the molecule is C=C/C=C\C(=C/CCC)OCCCC. The Hall–Kier alpha value is -0.980. The lowest BCUT2D eigenvalue weighted by Crippen LogP contribution is -1.92. The Balaban J connectivity index is 3.96. The highest BCUT2D eigenvalue weighted by Gasteiger charge is 1.91. The van der Waals surface area contributed by atoms with Crippen LogP contribution < -0.4 is 0 Å². The van der Waals surface area contributed by atoms with E-state index in [-0.39, 0.29) is 0 Å². The molecule has 0 saturated carbocycles. The lowest BCUT2D eigenvalue weighted by atomic mass is 10.3. The van der Waals surface area contributed by atoms with E-state index in [0.29, 0.717) is 0 Å². The summed E-state index contributed by atoms with van der Waals surface area (Å²) < 4.78 is 5.61. The third-order valence-corrected chi connectivity index (χ3v) is 1.80. The van der Waals surface area contributed by atoms with Gasteiger partial charge >= 0.3 is 0 Å². The first-order valence-corrected chi connectivity index (χ1v) is 5.47. The van der Waals surface area contributed by atoms with Gasteiger partial charge in [0, 0.05) is 0 Å². The Morgan fingerprint density at radius 3 is 2.64 bits per heavy atom. The zero-order valence-corrected chi connectivity index (χ0v) is 9.46. The Morgan fingerprint density at radius 1 is 1.29 bits per heavy atom. The lowest BCUT2D eigenvalue weighted by molar-refractivity contribution is 0.218. The van der Waals surface area contributed by atoms with Gasteiger partial charge in [-0.15, -0.1) is 0 Å². The molecule has 0 aliphatic rings. The zero-order valence-electron chi connectivity index (χ0n) is 9.46. The van der Waals surface area contributed by atoms with Gasteiger partial charge in [-0.3, -0.25) is 0 Å². The van der Waals surface area contributed by atoms with Crippen molar-refractivity contribution in [1.82, 2.24) is 0 Å². The molecule has 0 aliphatic heterocycles. The average molecular weight is 194 g/mol. The number of allylic oxidation sites excluding steroid dienone is 4. The molecule has 0 saturated heterocycles. The molecule has 0 unspecified atom stereocenters. The zero-order chi connectivity index (χ0) is 10.6. The molecule has 80 valence electrons. The maximum atomic E-state index is 5.61. The predicted octanol–water partition coefficient (Wildman–Crippen LogP) is 4.23. The second-order valence-electron chi connectivity index (χ2n) is 3.19. The maximum absolute atomic E-state index is 5.61. The highest BCUT2D eigenvalue weighted by Crippen LogP contribution is 2.05. The fraction of sp³-hybridized carbons (Fsp3) is 0.538. The van der Waals surface area contributed by atoms with Crippen LogP contribution >= 0.6 is 0 Å². The molecule has 0 aromatic carbocycles. The minimum Gasteiger partial charge on any atom is -0.494 e. The first kappa shape index (κ1) is 13.0. The highest BCUT2D eigenvalue weighted by atomic mass is 16.5. The normalized spacial score (nSPS) is 12.0. The number of ether oxygens (including phenoxy) is 1. The van der Waals surface area contributed by atoms with Crippen LogP contribution in [0.1, 0.15) is 39.5 Å². The predicted molar refractivity (Wildman–Crippen MR) is 63.2 cm³/mol. The van der Waals surface area contributed by atoms with Crippen LogP contribution in [0.25, 0.3) is 0 Å². The van der Waals surface area contributed by atoms with Crippen LogP contribution in [0.4, 0.5) is 0 Å². The van der Waals surface area contributed by atoms with E-state index in [2.05, 4.69) is 26.5 Å². The largest absolute Gasteiger partial charge is 0.494 e. The maximum Gasteiger partial charge on any atom is 0.115 e. The van der Waals surface area contributed by atoms with E-state index in [1.807, 2.05) is 12.2 Å². The summed E-state index contributed by atoms with van der Waals surface area (Å²) in [7, 11) is 0. The van der Waals surface area contributed by atoms with Crippen LogP contribution in [0.3, 0.4) is 0 Å². The van der Waals surface area contributed by atoms with Gasteiger partial charge in [-0.2, -0.15) is 0 Å². The van der Waals surface area contributed by atoms with E-state index in [0.717, 1.165) is 31.6 Å². The van der Waals surface area contributed by atoms with Crippen molar-refractivity contribution in [1.29, 1.82) is 0 Å². The van der Waals surface area contributed by atoms with Crippen LogP contribution in [-0.4, -0.2) is 6.61 Å². The van der Waals surface area contributed by atoms with Gasteiger partial charge in [0.15, 0.2) is 0 Å². The van der Waals surface area contributed by atoms with Crippen molar-refractivity contribution in [3.05, 3.63) is 36.6 Å². The molecule has 0 amide bonds. The van der Waals surface area contributed by atoms with Gasteiger partial charge in [0.1, 0.15) is 5.76 Å². The molecule has 0 bridgehead atoms. The second-order valence-corrected chi connectivity index (χ2v) is 3.19.